The molecule has 0 aromatic heterocycles. The first-order chi connectivity index (χ1) is 10.3. The lowest BCUT2D eigenvalue weighted by Gasteiger charge is -2.26. The van der Waals surface area contributed by atoms with Gasteiger partial charge in [-0.05, 0) is 56.0 Å². The summed E-state index contributed by atoms with van der Waals surface area (Å²) >= 11 is 0. The molecule has 0 amide bonds. The number of para-hydroxylation sites is 1. The first-order valence-electron chi connectivity index (χ1n) is 7.93. The van der Waals surface area contributed by atoms with Crippen LogP contribution in [0, 0.1) is 6.92 Å². The fourth-order valence-electron chi connectivity index (χ4n) is 2.75. The Morgan fingerprint density at radius 2 is 1.90 bits per heavy atom. The zero-order valence-corrected chi connectivity index (χ0v) is 13.0. The van der Waals surface area contributed by atoms with Crippen molar-refractivity contribution in [2.24, 2.45) is 0 Å². The van der Waals surface area contributed by atoms with Crippen molar-refractivity contribution < 1.29 is 0 Å². The van der Waals surface area contributed by atoms with Gasteiger partial charge in [-0.15, -0.1) is 0 Å². The lowest BCUT2D eigenvalue weighted by molar-refractivity contribution is 0.687. The Morgan fingerprint density at radius 1 is 1.10 bits per heavy atom. The van der Waals surface area contributed by atoms with Crippen molar-refractivity contribution in [3.05, 3.63) is 59.7 Å². The molecule has 2 aromatic rings. The zero-order valence-electron chi connectivity index (χ0n) is 13.0. The van der Waals surface area contributed by atoms with Crippen molar-refractivity contribution in [3.63, 3.8) is 0 Å². The standard InChI is InChI=1S/C19H24N2/c1-3-21(18-9-6-7-15(2)13-18)19-10-5-4-8-16(19)14-20-17-11-12-17/h4-10,13,17,20H,3,11-12,14H2,1-2H3. The molecule has 0 spiro atoms. The van der Waals surface area contributed by atoms with Gasteiger partial charge in [-0.1, -0.05) is 30.3 Å². The number of hydrogen-bond donors (Lipinski definition) is 1. The van der Waals surface area contributed by atoms with Crippen LogP contribution in [-0.2, 0) is 6.54 Å². The highest BCUT2D eigenvalue weighted by molar-refractivity contribution is 5.66. The van der Waals surface area contributed by atoms with Gasteiger partial charge in [0.25, 0.3) is 0 Å². The summed E-state index contributed by atoms with van der Waals surface area (Å²) in [6.45, 7) is 6.30. The summed E-state index contributed by atoms with van der Waals surface area (Å²) in [5.41, 5.74) is 5.28. The average molecular weight is 280 g/mol. The van der Waals surface area contributed by atoms with E-state index in [9.17, 15) is 0 Å². The van der Waals surface area contributed by atoms with Gasteiger partial charge in [-0.25, -0.2) is 0 Å². The van der Waals surface area contributed by atoms with Gasteiger partial charge < -0.3 is 10.2 Å². The quantitative estimate of drug-likeness (QED) is 0.843. The van der Waals surface area contributed by atoms with Crippen LogP contribution in [0.5, 0.6) is 0 Å². The van der Waals surface area contributed by atoms with Crippen LogP contribution in [0.3, 0.4) is 0 Å². The van der Waals surface area contributed by atoms with Crippen LogP contribution in [0.15, 0.2) is 48.5 Å². The van der Waals surface area contributed by atoms with E-state index in [1.807, 2.05) is 0 Å². The van der Waals surface area contributed by atoms with Gasteiger partial charge >= 0.3 is 0 Å². The molecule has 1 aliphatic carbocycles. The first-order valence-corrected chi connectivity index (χ1v) is 7.93. The molecule has 21 heavy (non-hydrogen) atoms. The van der Waals surface area contributed by atoms with Gasteiger partial charge in [-0.3, -0.25) is 0 Å². The third-order valence-corrected chi connectivity index (χ3v) is 4.07. The molecule has 3 rings (SSSR count). The van der Waals surface area contributed by atoms with E-state index in [-0.39, 0.29) is 0 Å². The Bertz CT molecular complexity index is 602. The van der Waals surface area contributed by atoms with Crippen LogP contribution in [0.1, 0.15) is 30.9 Å². The fraction of sp³-hybridized carbons (Fsp3) is 0.368. The van der Waals surface area contributed by atoms with Crippen molar-refractivity contribution in [3.8, 4) is 0 Å². The van der Waals surface area contributed by atoms with Gasteiger partial charge in [0.2, 0.25) is 0 Å². The Balaban J connectivity index is 1.88. The van der Waals surface area contributed by atoms with E-state index in [2.05, 4.69) is 72.6 Å². The van der Waals surface area contributed by atoms with Gasteiger partial charge in [0.1, 0.15) is 0 Å². The minimum Gasteiger partial charge on any atom is -0.341 e. The Hall–Kier alpha value is -1.80. The predicted octanol–water partition coefficient (Wildman–Crippen LogP) is 4.41. The van der Waals surface area contributed by atoms with Crippen LogP contribution in [0.4, 0.5) is 11.4 Å². The molecular formula is C19H24N2. The lowest BCUT2D eigenvalue weighted by Crippen LogP contribution is -2.21. The minimum atomic E-state index is 0.743. The molecule has 1 aliphatic rings. The topological polar surface area (TPSA) is 15.3 Å². The zero-order chi connectivity index (χ0) is 14.7. The second-order valence-corrected chi connectivity index (χ2v) is 5.87. The molecule has 2 heteroatoms. The number of aryl methyl sites for hydroxylation is 1. The van der Waals surface area contributed by atoms with E-state index in [1.165, 1.54) is 35.3 Å². The van der Waals surface area contributed by atoms with E-state index in [1.54, 1.807) is 0 Å². The normalized spacial score (nSPS) is 14.2. The highest BCUT2D eigenvalue weighted by Gasteiger charge is 2.21. The molecule has 1 saturated carbocycles. The van der Waals surface area contributed by atoms with E-state index in [4.69, 9.17) is 0 Å². The smallest absolute Gasteiger partial charge is 0.0456 e. The molecule has 0 atom stereocenters. The monoisotopic (exact) mass is 280 g/mol. The van der Waals surface area contributed by atoms with Crippen molar-refractivity contribution in [2.45, 2.75) is 39.3 Å². The predicted molar refractivity (Wildman–Crippen MR) is 90.2 cm³/mol. The third kappa shape index (κ3) is 3.45. The van der Waals surface area contributed by atoms with E-state index in [0.29, 0.717) is 0 Å². The highest BCUT2D eigenvalue weighted by Crippen LogP contribution is 2.29. The fourth-order valence-corrected chi connectivity index (χ4v) is 2.75. The summed E-state index contributed by atoms with van der Waals surface area (Å²) in [5.74, 6) is 0. The van der Waals surface area contributed by atoms with Crippen LogP contribution in [0.2, 0.25) is 0 Å². The highest BCUT2D eigenvalue weighted by atomic mass is 15.1. The van der Waals surface area contributed by atoms with E-state index >= 15 is 0 Å². The molecule has 2 aromatic carbocycles. The Labute approximate surface area is 127 Å². The van der Waals surface area contributed by atoms with Crippen molar-refractivity contribution in [1.29, 1.82) is 0 Å². The summed E-state index contributed by atoms with van der Waals surface area (Å²) in [4.78, 5) is 2.40. The third-order valence-electron chi connectivity index (χ3n) is 4.07. The van der Waals surface area contributed by atoms with Gasteiger partial charge in [0, 0.05) is 30.5 Å². The van der Waals surface area contributed by atoms with Gasteiger partial charge in [-0.2, -0.15) is 0 Å². The largest absolute Gasteiger partial charge is 0.341 e. The summed E-state index contributed by atoms with van der Waals surface area (Å²) in [5, 5.41) is 3.63. The number of rotatable bonds is 6. The summed E-state index contributed by atoms with van der Waals surface area (Å²) in [6.07, 6.45) is 2.66. The number of nitrogens with zero attached hydrogens (tertiary/aromatic N) is 1. The van der Waals surface area contributed by atoms with Crippen LogP contribution < -0.4 is 10.2 Å². The van der Waals surface area contributed by atoms with Crippen LogP contribution in [-0.4, -0.2) is 12.6 Å². The number of benzene rings is 2. The van der Waals surface area contributed by atoms with Crippen LogP contribution >= 0.6 is 0 Å². The maximum absolute atomic E-state index is 3.63. The van der Waals surface area contributed by atoms with Crippen LogP contribution in [0.25, 0.3) is 0 Å². The van der Waals surface area contributed by atoms with Gasteiger partial charge in [0.05, 0.1) is 0 Å². The SMILES string of the molecule is CCN(c1cccc(C)c1)c1ccccc1CNC1CC1. The van der Waals surface area contributed by atoms with Gasteiger partial charge in [0.15, 0.2) is 0 Å². The molecule has 0 heterocycles. The number of hydrogen-bond acceptors (Lipinski definition) is 2. The molecule has 2 nitrogen and oxygen atoms in total. The van der Waals surface area contributed by atoms with Crippen molar-refractivity contribution >= 4 is 11.4 Å². The number of anilines is 2. The molecule has 0 bridgehead atoms. The molecule has 1 fully saturated rings. The Morgan fingerprint density at radius 3 is 2.62 bits per heavy atom. The lowest BCUT2D eigenvalue weighted by atomic mass is 10.1. The van der Waals surface area contributed by atoms with E-state index in [0.717, 1.165) is 19.1 Å². The summed E-state index contributed by atoms with van der Waals surface area (Å²) in [7, 11) is 0. The second-order valence-electron chi connectivity index (χ2n) is 5.87. The van der Waals surface area contributed by atoms with Crippen molar-refractivity contribution in [2.75, 3.05) is 11.4 Å². The molecule has 110 valence electrons. The molecular weight excluding hydrogens is 256 g/mol. The molecule has 0 unspecified atom stereocenters. The minimum absolute atomic E-state index is 0.743. The maximum Gasteiger partial charge on any atom is 0.0456 e. The molecule has 0 saturated heterocycles. The van der Waals surface area contributed by atoms with E-state index < -0.39 is 0 Å². The first kappa shape index (κ1) is 14.2. The Kier molecular flexibility index (Phi) is 4.26. The second kappa shape index (κ2) is 6.31. The number of nitrogens with one attached hydrogen (secondary N) is 1. The molecule has 1 N–H and O–H groups in total. The summed E-state index contributed by atoms with van der Waals surface area (Å²) in [6, 6.07) is 18.2. The molecule has 0 aliphatic heterocycles. The van der Waals surface area contributed by atoms with Crippen molar-refractivity contribution in [1.82, 2.24) is 5.32 Å². The molecule has 0 radical (unpaired) electrons. The average Bonchev–Trinajstić information content (AvgIpc) is 3.31. The summed E-state index contributed by atoms with van der Waals surface area (Å²) < 4.78 is 0. The maximum atomic E-state index is 3.63.